The number of aliphatic hydroxyl groups is 1. The van der Waals surface area contributed by atoms with Crippen molar-refractivity contribution < 1.29 is 37.7 Å². The van der Waals surface area contributed by atoms with Gasteiger partial charge in [-0.15, -0.1) is 0 Å². The molecule has 0 saturated carbocycles. The molecule has 2 aromatic carbocycles. The number of hydrogen-bond donors (Lipinski definition) is 3. The zero-order valence-electron chi connectivity index (χ0n) is 20.3. The van der Waals surface area contributed by atoms with Gasteiger partial charge in [0.25, 0.3) is 0 Å². The van der Waals surface area contributed by atoms with Crippen LogP contribution in [0.2, 0.25) is 0 Å². The van der Waals surface area contributed by atoms with Crippen LogP contribution < -0.4 is 15.4 Å². The minimum Gasteiger partial charge on any atom is -0.490 e. The van der Waals surface area contributed by atoms with Crippen LogP contribution in [0.25, 0.3) is 0 Å². The molecule has 0 spiro atoms. The molecule has 2 fully saturated rings. The van der Waals surface area contributed by atoms with Gasteiger partial charge in [0.05, 0.1) is 44.4 Å². The van der Waals surface area contributed by atoms with Crippen molar-refractivity contribution in [2.75, 3.05) is 25.1 Å². The molecular weight excluding hydrogens is 486 g/mol. The topological polar surface area (TPSA) is 106 Å². The van der Waals surface area contributed by atoms with Gasteiger partial charge in [0.2, 0.25) is 11.8 Å². The number of benzene rings is 2. The van der Waals surface area contributed by atoms with E-state index in [4.69, 9.17) is 14.2 Å². The van der Waals surface area contributed by atoms with E-state index >= 15 is 0 Å². The molecule has 5 rings (SSSR count). The zero-order valence-corrected chi connectivity index (χ0v) is 20.3. The van der Waals surface area contributed by atoms with Gasteiger partial charge in [-0.1, -0.05) is 0 Å². The zero-order chi connectivity index (χ0) is 25.9. The van der Waals surface area contributed by atoms with Crippen molar-refractivity contribution in [2.45, 2.75) is 56.5 Å². The molecule has 2 amide bonds. The molecule has 0 radical (unpaired) electrons. The average Bonchev–Trinajstić information content (AvgIpc) is 3.00. The molecule has 0 unspecified atom stereocenters. The normalized spacial score (nSPS) is 25.5. The molecule has 4 atom stereocenters. The Kier molecular flexibility index (Phi) is 7.68. The largest absolute Gasteiger partial charge is 0.490 e. The monoisotopic (exact) mass is 516 g/mol. The lowest BCUT2D eigenvalue weighted by atomic mass is 9.76. The summed E-state index contributed by atoms with van der Waals surface area (Å²) in [7, 11) is 0. The van der Waals surface area contributed by atoms with Crippen molar-refractivity contribution >= 4 is 17.5 Å². The van der Waals surface area contributed by atoms with E-state index in [9.17, 15) is 23.5 Å². The van der Waals surface area contributed by atoms with Crippen LogP contribution in [0.4, 0.5) is 14.5 Å². The molecule has 10 heteroatoms. The van der Waals surface area contributed by atoms with E-state index in [1.165, 1.54) is 0 Å². The van der Waals surface area contributed by atoms with Crippen molar-refractivity contribution in [3.8, 4) is 5.75 Å². The number of nitrogens with one attached hydrogen (secondary N) is 2. The standard InChI is InChI=1S/C27H30F2N2O6/c28-16-1-3-22(29)15(9-16)13-30-25(33)12-19-11-21-20-10-17(31-27(34)26(21)24(14-32)37-19)2-4-23(20)36-18-5-7-35-8-6-18/h1-4,9-10,18-19,21,24,26,32H,5-8,11-14H2,(H,30,33)(H,31,34)/t19-,21+,24-,26-/m1/s1. The number of amides is 2. The molecule has 3 aliphatic heterocycles. The molecule has 8 nitrogen and oxygen atoms in total. The van der Waals surface area contributed by atoms with Crippen LogP contribution in [-0.2, 0) is 25.6 Å². The summed E-state index contributed by atoms with van der Waals surface area (Å²) in [6, 6.07) is 8.59. The number of anilines is 1. The summed E-state index contributed by atoms with van der Waals surface area (Å²) in [5.41, 5.74) is 1.51. The first-order valence-corrected chi connectivity index (χ1v) is 12.6. The Hall–Kier alpha value is -3.08. The Morgan fingerprint density at radius 3 is 2.76 bits per heavy atom. The van der Waals surface area contributed by atoms with Gasteiger partial charge in [-0.2, -0.15) is 0 Å². The number of fused-ring (bicyclic) bond motifs is 4. The average molecular weight is 517 g/mol. The summed E-state index contributed by atoms with van der Waals surface area (Å²) < 4.78 is 45.1. The lowest BCUT2D eigenvalue weighted by Crippen LogP contribution is -2.48. The fourth-order valence-electron chi connectivity index (χ4n) is 5.41. The third-order valence-corrected chi connectivity index (χ3v) is 7.24. The van der Waals surface area contributed by atoms with E-state index in [1.54, 1.807) is 6.07 Å². The Labute approximate surface area is 213 Å². The predicted molar refractivity (Wildman–Crippen MR) is 129 cm³/mol. The summed E-state index contributed by atoms with van der Waals surface area (Å²) in [6.07, 6.45) is 0.411. The first kappa shape index (κ1) is 25.6. The third-order valence-electron chi connectivity index (χ3n) is 7.24. The van der Waals surface area contributed by atoms with Crippen LogP contribution >= 0.6 is 0 Å². The van der Waals surface area contributed by atoms with E-state index in [2.05, 4.69) is 10.6 Å². The van der Waals surface area contributed by atoms with Gasteiger partial charge in [-0.05, 0) is 42.8 Å². The summed E-state index contributed by atoms with van der Waals surface area (Å²) in [5, 5.41) is 15.6. The maximum absolute atomic E-state index is 13.9. The molecule has 0 aromatic heterocycles. The lowest BCUT2D eigenvalue weighted by Gasteiger charge is -2.40. The highest BCUT2D eigenvalue weighted by molar-refractivity contribution is 5.95. The lowest BCUT2D eigenvalue weighted by molar-refractivity contribution is -0.148. The van der Waals surface area contributed by atoms with Crippen LogP contribution in [-0.4, -0.2) is 55.1 Å². The highest BCUT2D eigenvalue weighted by atomic mass is 19.1. The maximum Gasteiger partial charge on any atom is 0.230 e. The fourth-order valence-corrected chi connectivity index (χ4v) is 5.41. The third kappa shape index (κ3) is 5.76. The number of hydrogen-bond acceptors (Lipinski definition) is 6. The van der Waals surface area contributed by atoms with Crippen LogP contribution in [0.3, 0.4) is 0 Å². The van der Waals surface area contributed by atoms with Gasteiger partial charge in [0.1, 0.15) is 23.5 Å². The summed E-state index contributed by atoms with van der Waals surface area (Å²) in [5.74, 6) is -2.21. The van der Waals surface area contributed by atoms with Crippen LogP contribution in [0, 0.1) is 17.6 Å². The summed E-state index contributed by atoms with van der Waals surface area (Å²) in [6.45, 7) is 0.689. The van der Waals surface area contributed by atoms with Crippen molar-refractivity contribution in [2.24, 2.45) is 5.92 Å². The SMILES string of the molecule is O=C(C[C@H]1C[C@H]2c3cc(ccc3OC3CCOCC3)NC(=O)[C@H]2[C@@H](CO)O1)NCc1cc(F)ccc1F. The van der Waals surface area contributed by atoms with Gasteiger partial charge in [0, 0.05) is 42.1 Å². The molecule has 2 aromatic rings. The van der Waals surface area contributed by atoms with Crippen LogP contribution in [0.1, 0.15) is 42.7 Å². The van der Waals surface area contributed by atoms with E-state index < -0.39 is 42.3 Å². The highest BCUT2D eigenvalue weighted by Crippen LogP contribution is 2.46. The minimum atomic E-state index is -0.817. The molecule has 0 aliphatic carbocycles. The van der Waals surface area contributed by atoms with E-state index in [0.717, 1.165) is 36.6 Å². The molecule has 37 heavy (non-hydrogen) atoms. The minimum absolute atomic E-state index is 0.000475. The van der Waals surface area contributed by atoms with E-state index in [-0.39, 0.29) is 36.5 Å². The van der Waals surface area contributed by atoms with Crippen molar-refractivity contribution in [1.29, 1.82) is 0 Å². The van der Waals surface area contributed by atoms with Crippen molar-refractivity contribution in [1.82, 2.24) is 5.32 Å². The molecule has 2 saturated heterocycles. The number of halogens is 2. The first-order chi connectivity index (χ1) is 17.9. The van der Waals surface area contributed by atoms with E-state index in [1.807, 2.05) is 12.1 Å². The van der Waals surface area contributed by atoms with Gasteiger partial charge < -0.3 is 30.0 Å². The molecule has 3 aliphatic rings. The van der Waals surface area contributed by atoms with Crippen LogP contribution in [0.15, 0.2) is 36.4 Å². The second-order valence-electron chi connectivity index (χ2n) is 9.74. The molecule has 3 heterocycles. The summed E-state index contributed by atoms with van der Waals surface area (Å²) in [4.78, 5) is 25.8. The maximum atomic E-state index is 13.9. The number of ether oxygens (including phenoxy) is 3. The van der Waals surface area contributed by atoms with Gasteiger partial charge in [-0.25, -0.2) is 8.78 Å². The predicted octanol–water partition coefficient (Wildman–Crippen LogP) is 3.03. The van der Waals surface area contributed by atoms with E-state index in [0.29, 0.717) is 31.1 Å². The molecule has 198 valence electrons. The second kappa shape index (κ2) is 11.1. The van der Waals surface area contributed by atoms with Crippen LogP contribution in [0.5, 0.6) is 5.75 Å². The van der Waals surface area contributed by atoms with Gasteiger partial charge >= 0.3 is 0 Å². The Balaban J connectivity index is 1.33. The van der Waals surface area contributed by atoms with Crippen molar-refractivity contribution in [3.05, 3.63) is 59.2 Å². The fraction of sp³-hybridized carbons (Fsp3) is 0.481. The number of carbonyl (C=O) groups excluding carboxylic acids is 2. The first-order valence-electron chi connectivity index (χ1n) is 12.6. The number of carbonyl (C=O) groups is 2. The molecule has 3 N–H and O–H groups in total. The highest BCUT2D eigenvalue weighted by Gasteiger charge is 2.46. The van der Waals surface area contributed by atoms with Gasteiger partial charge in [0.15, 0.2) is 0 Å². The smallest absolute Gasteiger partial charge is 0.230 e. The Bertz CT molecular complexity index is 1160. The molecule has 2 bridgehead atoms. The van der Waals surface area contributed by atoms with Gasteiger partial charge in [-0.3, -0.25) is 9.59 Å². The summed E-state index contributed by atoms with van der Waals surface area (Å²) >= 11 is 0. The second-order valence-corrected chi connectivity index (χ2v) is 9.74. The number of aliphatic hydroxyl groups excluding tert-OH is 1. The number of rotatable bonds is 7. The van der Waals surface area contributed by atoms with Crippen molar-refractivity contribution in [3.63, 3.8) is 0 Å². The Morgan fingerprint density at radius 1 is 1.16 bits per heavy atom. The molecular formula is C27H30F2N2O6. The Morgan fingerprint density at radius 2 is 1.97 bits per heavy atom. The quantitative estimate of drug-likeness (QED) is 0.523.